The second-order valence-electron chi connectivity index (χ2n) is 7.65. The normalized spacial score (nSPS) is 10.8. The van der Waals surface area contributed by atoms with Crippen molar-refractivity contribution in [3.8, 4) is 22.7 Å². The number of halogens is 1. The molecule has 2 aromatic heterocycles. The number of amides is 1. The van der Waals surface area contributed by atoms with Crippen molar-refractivity contribution in [1.29, 1.82) is 0 Å². The Hall–Kier alpha value is -4.32. The molecule has 0 radical (unpaired) electrons. The number of ether oxygens (including phenoxy) is 1. The first kappa shape index (κ1) is 24.8. The van der Waals surface area contributed by atoms with E-state index in [4.69, 9.17) is 14.3 Å². The lowest BCUT2D eigenvalue weighted by Crippen LogP contribution is -2.11. The molecule has 0 fully saturated rings. The van der Waals surface area contributed by atoms with E-state index in [-0.39, 0.29) is 47.5 Å². The second kappa shape index (κ2) is 11.0. The fraction of sp³-hybridized carbons (Fsp3) is 0.167. The van der Waals surface area contributed by atoms with Gasteiger partial charge in [-0.05, 0) is 36.8 Å². The van der Waals surface area contributed by atoms with Crippen LogP contribution in [0, 0.1) is 0 Å². The first-order valence-electron chi connectivity index (χ1n) is 10.7. The van der Waals surface area contributed by atoms with Gasteiger partial charge in [0.05, 0.1) is 6.20 Å². The van der Waals surface area contributed by atoms with Crippen LogP contribution in [0.4, 0.5) is 5.69 Å². The number of hydrogen-bond donors (Lipinski definition) is 2. The number of nitrogens with one attached hydrogen (secondary N) is 1. The summed E-state index contributed by atoms with van der Waals surface area (Å²) in [6.07, 6.45) is 1.81. The Morgan fingerprint density at radius 2 is 1.94 bits per heavy atom. The van der Waals surface area contributed by atoms with Crippen molar-refractivity contribution in [3.63, 3.8) is 0 Å². The van der Waals surface area contributed by atoms with Crippen molar-refractivity contribution in [2.75, 3.05) is 10.6 Å². The van der Waals surface area contributed by atoms with Crippen LogP contribution in [0.15, 0.2) is 63.9 Å². The Labute approximate surface area is 211 Å². The number of aromatic nitrogens is 3. The summed E-state index contributed by atoms with van der Waals surface area (Å²) < 4.78 is 11.8. The molecule has 0 aliphatic rings. The smallest absolute Gasteiger partial charge is 0.362 e. The summed E-state index contributed by atoms with van der Waals surface area (Å²) in [5.41, 5.74) is 1.33. The van der Waals surface area contributed by atoms with Gasteiger partial charge in [0.1, 0.15) is 22.4 Å². The molecule has 0 spiro atoms. The van der Waals surface area contributed by atoms with E-state index < -0.39 is 17.6 Å². The molecule has 2 aromatic carbocycles. The lowest BCUT2D eigenvalue weighted by atomic mass is 10.1. The molecule has 184 valence electrons. The third kappa shape index (κ3) is 6.02. The Morgan fingerprint density at radius 3 is 2.72 bits per heavy atom. The highest BCUT2D eigenvalue weighted by Gasteiger charge is 2.13. The Morgan fingerprint density at radius 1 is 1.11 bits per heavy atom. The Kier molecular flexibility index (Phi) is 7.54. The van der Waals surface area contributed by atoms with Crippen LogP contribution in [0.25, 0.3) is 27.9 Å². The molecule has 1 amide bonds. The van der Waals surface area contributed by atoms with Gasteiger partial charge in [-0.25, -0.2) is 9.48 Å². The highest BCUT2D eigenvalue weighted by molar-refractivity contribution is 9.09. The fourth-order valence-electron chi connectivity index (χ4n) is 3.36. The maximum absolute atomic E-state index is 12.6. The van der Waals surface area contributed by atoms with Crippen molar-refractivity contribution in [1.82, 2.24) is 15.0 Å². The summed E-state index contributed by atoms with van der Waals surface area (Å²) in [5, 5.41) is 20.2. The van der Waals surface area contributed by atoms with E-state index in [1.807, 2.05) is 0 Å². The zero-order valence-electron chi connectivity index (χ0n) is 18.6. The molecule has 0 bridgehead atoms. The summed E-state index contributed by atoms with van der Waals surface area (Å²) in [5.74, 6) is -1.48. The van der Waals surface area contributed by atoms with Gasteiger partial charge in [-0.15, -0.1) is 5.10 Å². The molecule has 12 heteroatoms. The lowest BCUT2D eigenvalue weighted by Gasteiger charge is -2.06. The van der Waals surface area contributed by atoms with E-state index in [1.165, 1.54) is 10.7 Å². The molecule has 2 heterocycles. The molecular formula is C24H19BrN4O7. The number of benzene rings is 2. The van der Waals surface area contributed by atoms with E-state index in [1.54, 1.807) is 48.7 Å². The van der Waals surface area contributed by atoms with Crippen LogP contribution >= 0.6 is 15.9 Å². The molecule has 0 saturated carbocycles. The summed E-state index contributed by atoms with van der Waals surface area (Å²) >= 11 is 3.02. The number of rotatable bonds is 9. The van der Waals surface area contributed by atoms with Crippen LogP contribution in [0.5, 0.6) is 5.75 Å². The highest BCUT2D eigenvalue weighted by atomic mass is 79.9. The standard InChI is InChI=1S/C24H19BrN4O7/c25-12-23(33)35-17-8-7-15-10-19(24(34)36-20(15)11-17)29-13-18(27-28-29)14-3-1-4-16(9-14)26-21(30)5-2-6-22(31)32/h1,3-4,7-11,13H,2,5-6,12H2,(H,26,30)(H,31,32). The van der Waals surface area contributed by atoms with Crippen LogP contribution in [0.1, 0.15) is 19.3 Å². The largest absolute Gasteiger partial charge is 0.481 e. The average Bonchev–Trinajstić information content (AvgIpc) is 3.33. The van der Waals surface area contributed by atoms with Gasteiger partial charge in [0.15, 0.2) is 5.69 Å². The number of carboxylic acids is 1. The second-order valence-corrected chi connectivity index (χ2v) is 8.21. The minimum atomic E-state index is -0.950. The summed E-state index contributed by atoms with van der Waals surface area (Å²) in [6.45, 7) is 0. The lowest BCUT2D eigenvalue weighted by molar-refractivity contribution is -0.137. The van der Waals surface area contributed by atoms with Crippen molar-refractivity contribution >= 4 is 50.4 Å². The first-order valence-corrected chi connectivity index (χ1v) is 11.8. The van der Waals surface area contributed by atoms with E-state index in [0.29, 0.717) is 22.3 Å². The minimum absolute atomic E-state index is 0.0324. The summed E-state index contributed by atoms with van der Waals surface area (Å²) in [6, 6.07) is 13.2. The van der Waals surface area contributed by atoms with E-state index in [9.17, 15) is 19.2 Å². The Bertz CT molecular complexity index is 1510. The van der Waals surface area contributed by atoms with Crippen LogP contribution in [0.2, 0.25) is 0 Å². The minimum Gasteiger partial charge on any atom is -0.481 e. The molecule has 0 aliphatic heterocycles. The van der Waals surface area contributed by atoms with Crippen molar-refractivity contribution in [2.24, 2.45) is 0 Å². The van der Waals surface area contributed by atoms with E-state index >= 15 is 0 Å². The number of aliphatic carboxylic acids is 1. The fourth-order valence-corrected chi connectivity index (χ4v) is 3.47. The number of hydrogen-bond acceptors (Lipinski definition) is 8. The van der Waals surface area contributed by atoms with Gasteiger partial charge >= 0.3 is 17.6 Å². The van der Waals surface area contributed by atoms with Gasteiger partial charge in [0.25, 0.3) is 0 Å². The average molecular weight is 555 g/mol. The number of fused-ring (bicyclic) bond motifs is 1. The summed E-state index contributed by atoms with van der Waals surface area (Å²) in [7, 11) is 0. The summed E-state index contributed by atoms with van der Waals surface area (Å²) in [4.78, 5) is 46.7. The molecule has 11 nitrogen and oxygen atoms in total. The highest BCUT2D eigenvalue weighted by Crippen LogP contribution is 2.24. The van der Waals surface area contributed by atoms with Gasteiger partial charge in [0.2, 0.25) is 5.91 Å². The quantitative estimate of drug-likeness (QED) is 0.137. The molecule has 0 saturated heterocycles. The van der Waals surface area contributed by atoms with E-state index in [2.05, 4.69) is 31.6 Å². The zero-order valence-corrected chi connectivity index (χ0v) is 20.2. The number of anilines is 1. The number of nitrogens with zero attached hydrogens (tertiary/aromatic N) is 3. The maximum Gasteiger partial charge on any atom is 0.362 e. The van der Waals surface area contributed by atoms with Crippen LogP contribution < -0.4 is 15.7 Å². The first-order chi connectivity index (χ1) is 17.3. The molecule has 36 heavy (non-hydrogen) atoms. The van der Waals surface area contributed by atoms with Crippen LogP contribution in [-0.4, -0.2) is 43.3 Å². The van der Waals surface area contributed by atoms with Crippen molar-refractivity contribution in [3.05, 3.63) is 65.1 Å². The number of esters is 1. The van der Waals surface area contributed by atoms with Crippen LogP contribution in [-0.2, 0) is 14.4 Å². The molecule has 2 N–H and O–H groups in total. The van der Waals surface area contributed by atoms with Gasteiger partial charge < -0.3 is 19.6 Å². The van der Waals surface area contributed by atoms with Crippen molar-refractivity contribution < 1.29 is 28.6 Å². The molecule has 4 aromatic rings. The number of carboxylic acid groups (broad SMARTS) is 1. The monoisotopic (exact) mass is 554 g/mol. The molecule has 0 unspecified atom stereocenters. The van der Waals surface area contributed by atoms with Gasteiger partial charge in [-0.3, -0.25) is 14.4 Å². The molecule has 4 rings (SSSR count). The van der Waals surface area contributed by atoms with Crippen molar-refractivity contribution in [2.45, 2.75) is 19.3 Å². The number of carbonyl (C=O) groups excluding carboxylic acids is 2. The number of carbonyl (C=O) groups is 3. The predicted molar refractivity (Wildman–Crippen MR) is 132 cm³/mol. The topological polar surface area (TPSA) is 154 Å². The third-order valence-electron chi connectivity index (χ3n) is 5.01. The van der Waals surface area contributed by atoms with E-state index in [0.717, 1.165) is 0 Å². The van der Waals surface area contributed by atoms with Gasteiger partial charge in [0, 0.05) is 35.5 Å². The SMILES string of the molecule is O=C(O)CCCC(=O)Nc1cccc(-c2cn(-c3cc4ccc(OC(=O)CBr)cc4oc3=O)nn2)c1. The molecule has 0 aliphatic carbocycles. The Balaban J connectivity index is 1.53. The van der Waals surface area contributed by atoms with Gasteiger partial charge in [-0.2, -0.15) is 0 Å². The zero-order chi connectivity index (χ0) is 25.7. The number of alkyl halides is 1. The third-order valence-corrected chi connectivity index (χ3v) is 5.46. The molecular weight excluding hydrogens is 536 g/mol. The van der Waals surface area contributed by atoms with Crippen LogP contribution in [0.3, 0.4) is 0 Å². The van der Waals surface area contributed by atoms with Gasteiger partial charge in [-0.1, -0.05) is 33.3 Å². The maximum atomic E-state index is 12.6. The predicted octanol–water partition coefficient (Wildman–Crippen LogP) is 3.53. The molecule has 0 atom stereocenters.